The number of amides is 2. The highest BCUT2D eigenvalue weighted by atomic mass is 16.5. The van der Waals surface area contributed by atoms with E-state index in [0.717, 1.165) is 69.4 Å². The lowest BCUT2D eigenvalue weighted by molar-refractivity contribution is 0.143. The molecule has 1 saturated heterocycles. The molecule has 2 aliphatic heterocycles. The molecule has 4 aromatic rings. The Morgan fingerprint density at radius 3 is 2.63 bits per heavy atom. The number of piperazine rings is 1. The summed E-state index contributed by atoms with van der Waals surface area (Å²) >= 11 is 0. The number of fused-ring (bicyclic) bond motifs is 2. The Balaban J connectivity index is 0.00000308. The van der Waals surface area contributed by atoms with Gasteiger partial charge in [0.05, 0.1) is 31.2 Å². The molecule has 0 bridgehead atoms. The van der Waals surface area contributed by atoms with E-state index in [1.807, 2.05) is 41.0 Å². The van der Waals surface area contributed by atoms with Crippen molar-refractivity contribution < 1.29 is 15.7 Å². The minimum Gasteiger partial charge on any atom is -0.497 e. The average molecular weight is 514 g/mol. The van der Waals surface area contributed by atoms with Crippen molar-refractivity contribution in [1.29, 1.82) is 0 Å². The Kier molecular flexibility index (Phi) is 6.31. The Morgan fingerprint density at radius 1 is 0.974 bits per heavy atom. The summed E-state index contributed by atoms with van der Waals surface area (Å²) in [5, 5.41) is 0. The van der Waals surface area contributed by atoms with E-state index in [0.29, 0.717) is 32.8 Å². The van der Waals surface area contributed by atoms with Gasteiger partial charge in [-0.05, 0) is 66.9 Å². The molecular formula is C30H35N5O3. The number of benzene rings is 3. The van der Waals surface area contributed by atoms with Gasteiger partial charge in [0.15, 0.2) is 0 Å². The van der Waals surface area contributed by atoms with Crippen LogP contribution < -0.4 is 14.4 Å². The molecule has 3 heterocycles. The van der Waals surface area contributed by atoms with Crippen molar-refractivity contribution in [3.63, 3.8) is 0 Å². The number of aromatic nitrogens is 2. The van der Waals surface area contributed by atoms with Crippen molar-refractivity contribution in [3.05, 3.63) is 71.5 Å². The van der Waals surface area contributed by atoms with Crippen molar-refractivity contribution in [2.24, 2.45) is 0 Å². The summed E-state index contributed by atoms with van der Waals surface area (Å²) in [7, 11) is 1.68. The zero-order chi connectivity index (χ0) is 26.2. The zero-order valence-corrected chi connectivity index (χ0v) is 22.2. The quantitative estimate of drug-likeness (QED) is 0.406. The summed E-state index contributed by atoms with van der Waals surface area (Å²) in [6.45, 7) is 8.58. The van der Waals surface area contributed by atoms with Crippen LogP contribution in [0, 0.1) is 13.8 Å². The number of hydrogen-bond acceptors (Lipinski definition) is 5. The van der Waals surface area contributed by atoms with E-state index in [9.17, 15) is 4.79 Å². The van der Waals surface area contributed by atoms with E-state index >= 15 is 0 Å². The number of rotatable bonds is 3. The number of carbonyl (C=O) groups excluding carboxylic acids is 1. The number of nitrogens with zero attached hydrogens (tertiary/aromatic N) is 4. The number of methoxy groups -OCH3 is 1. The summed E-state index contributed by atoms with van der Waals surface area (Å²) in [6.07, 6.45) is 0. The fraction of sp³-hybridized carbons (Fsp3) is 0.333. The van der Waals surface area contributed by atoms with E-state index in [-0.39, 0.29) is 7.46 Å². The number of ether oxygens (including phenoxy) is 2. The standard InChI is InChI=1S/C30H33N5O3.H2/c1-20-15-23(22-7-8-27-28(17-22)32-21(2)31-27)16-24-19-35(13-14-38-29(20)24)30(36)34-11-9-33(10-12-34)25-5-4-6-26(18-25)37-3;/h4-8,15-18H,9-14,19H2,1-3H3,(H,31,32);1H. The summed E-state index contributed by atoms with van der Waals surface area (Å²) in [4.78, 5) is 27.6. The lowest BCUT2D eigenvalue weighted by atomic mass is 9.98. The first-order valence-electron chi connectivity index (χ1n) is 13.1. The van der Waals surface area contributed by atoms with Gasteiger partial charge in [0, 0.05) is 44.9 Å². The zero-order valence-electron chi connectivity index (χ0n) is 22.2. The summed E-state index contributed by atoms with van der Waals surface area (Å²) in [5.74, 6) is 2.64. The summed E-state index contributed by atoms with van der Waals surface area (Å²) in [5.41, 5.74) is 7.46. The second-order valence-electron chi connectivity index (χ2n) is 10.1. The van der Waals surface area contributed by atoms with Gasteiger partial charge in [0.1, 0.15) is 23.9 Å². The number of urea groups is 1. The largest absolute Gasteiger partial charge is 0.497 e. The molecule has 0 unspecified atom stereocenters. The van der Waals surface area contributed by atoms with E-state index < -0.39 is 0 Å². The second kappa shape index (κ2) is 9.93. The molecule has 0 aliphatic carbocycles. The number of aromatic amines is 1. The highest BCUT2D eigenvalue weighted by Crippen LogP contribution is 2.34. The predicted molar refractivity (Wildman–Crippen MR) is 151 cm³/mol. The van der Waals surface area contributed by atoms with Crippen molar-refractivity contribution in [2.75, 3.05) is 51.3 Å². The highest BCUT2D eigenvalue weighted by molar-refractivity contribution is 5.83. The monoisotopic (exact) mass is 513 g/mol. The van der Waals surface area contributed by atoms with Gasteiger partial charge < -0.3 is 29.2 Å². The van der Waals surface area contributed by atoms with E-state index in [4.69, 9.17) is 9.47 Å². The van der Waals surface area contributed by atoms with Gasteiger partial charge in [0.2, 0.25) is 0 Å². The van der Waals surface area contributed by atoms with Crippen LogP contribution in [-0.4, -0.2) is 72.2 Å². The van der Waals surface area contributed by atoms with Crippen LogP contribution in [0.5, 0.6) is 11.5 Å². The molecule has 0 atom stereocenters. The molecule has 1 aromatic heterocycles. The number of aryl methyl sites for hydroxylation is 2. The molecule has 8 heteroatoms. The number of imidazole rings is 1. The number of H-pyrrole nitrogens is 1. The Labute approximate surface area is 224 Å². The fourth-order valence-electron chi connectivity index (χ4n) is 5.52. The van der Waals surface area contributed by atoms with Gasteiger partial charge in [-0.25, -0.2) is 9.78 Å². The molecule has 8 nitrogen and oxygen atoms in total. The first-order valence-corrected chi connectivity index (χ1v) is 13.1. The molecule has 0 spiro atoms. The lowest BCUT2D eigenvalue weighted by Gasteiger charge is -2.38. The normalized spacial score (nSPS) is 15.7. The van der Waals surface area contributed by atoms with Crippen LogP contribution in [-0.2, 0) is 6.54 Å². The van der Waals surface area contributed by atoms with Crippen LogP contribution in [0.3, 0.4) is 0 Å². The Morgan fingerprint density at radius 2 is 1.82 bits per heavy atom. The molecule has 1 N–H and O–H groups in total. The SMILES string of the molecule is COc1cccc(N2CCN(C(=O)N3CCOc4c(C)cc(-c5ccc6nc(C)[nH]c6c5)cc4C3)CC2)c1.[HH]. The molecule has 2 amide bonds. The van der Waals surface area contributed by atoms with Gasteiger partial charge in [-0.3, -0.25) is 0 Å². The molecule has 0 radical (unpaired) electrons. The topological polar surface area (TPSA) is 73.9 Å². The smallest absolute Gasteiger partial charge is 0.320 e. The Hall–Kier alpha value is -4.20. The first kappa shape index (κ1) is 24.2. The minimum atomic E-state index is 0. The van der Waals surface area contributed by atoms with Crippen LogP contribution in [0.15, 0.2) is 54.6 Å². The van der Waals surface area contributed by atoms with Crippen LogP contribution in [0.25, 0.3) is 22.2 Å². The maximum absolute atomic E-state index is 13.6. The third-order valence-electron chi connectivity index (χ3n) is 7.49. The molecule has 2 aliphatic rings. The highest BCUT2D eigenvalue weighted by Gasteiger charge is 2.28. The number of anilines is 1. The van der Waals surface area contributed by atoms with E-state index in [2.05, 4.69) is 52.1 Å². The molecular weight excluding hydrogens is 478 g/mol. The number of nitrogens with one attached hydrogen (secondary N) is 1. The van der Waals surface area contributed by atoms with E-state index in [1.165, 1.54) is 0 Å². The molecule has 38 heavy (non-hydrogen) atoms. The van der Waals surface area contributed by atoms with Crippen molar-refractivity contribution in [1.82, 2.24) is 19.8 Å². The van der Waals surface area contributed by atoms with Crippen molar-refractivity contribution in [3.8, 4) is 22.6 Å². The number of carbonyl (C=O) groups is 1. The summed E-state index contributed by atoms with van der Waals surface area (Å²) < 4.78 is 11.5. The van der Waals surface area contributed by atoms with Crippen LogP contribution in [0.2, 0.25) is 0 Å². The molecule has 3 aromatic carbocycles. The van der Waals surface area contributed by atoms with E-state index in [1.54, 1.807) is 7.11 Å². The first-order chi connectivity index (χ1) is 18.5. The molecule has 1 fully saturated rings. The molecule has 198 valence electrons. The maximum atomic E-state index is 13.6. The second-order valence-corrected chi connectivity index (χ2v) is 10.1. The van der Waals surface area contributed by atoms with Gasteiger partial charge in [-0.1, -0.05) is 12.1 Å². The fourth-order valence-corrected chi connectivity index (χ4v) is 5.52. The van der Waals surface area contributed by atoms with Crippen LogP contribution in [0.4, 0.5) is 10.5 Å². The van der Waals surface area contributed by atoms with Crippen LogP contribution >= 0.6 is 0 Å². The maximum Gasteiger partial charge on any atom is 0.320 e. The average Bonchev–Trinajstić information content (AvgIpc) is 3.18. The molecule has 0 saturated carbocycles. The lowest BCUT2D eigenvalue weighted by Crippen LogP contribution is -2.53. The number of hydrogen-bond donors (Lipinski definition) is 1. The summed E-state index contributed by atoms with van der Waals surface area (Å²) in [6, 6.07) is 18.8. The van der Waals surface area contributed by atoms with Crippen molar-refractivity contribution >= 4 is 22.8 Å². The third kappa shape index (κ3) is 4.62. The molecule has 6 rings (SSSR count). The third-order valence-corrected chi connectivity index (χ3v) is 7.49. The van der Waals surface area contributed by atoms with Gasteiger partial charge in [-0.15, -0.1) is 0 Å². The Bertz CT molecular complexity index is 1500. The van der Waals surface area contributed by atoms with Gasteiger partial charge in [0.25, 0.3) is 0 Å². The van der Waals surface area contributed by atoms with Crippen molar-refractivity contribution in [2.45, 2.75) is 20.4 Å². The van der Waals surface area contributed by atoms with Gasteiger partial charge >= 0.3 is 6.03 Å². The minimum absolute atomic E-state index is 0. The van der Waals surface area contributed by atoms with Crippen LogP contribution in [0.1, 0.15) is 18.4 Å². The van der Waals surface area contributed by atoms with Gasteiger partial charge in [-0.2, -0.15) is 0 Å². The predicted octanol–water partition coefficient (Wildman–Crippen LogP) is 5.24.